The Bertz CT molecular complexity index is 324. The zero-order chi connectivity index (χ0) is 12.9. The largest absolute Gasteiger partial charge is 3.00 e. The van der Waals surface area contributed by atoms with Crippen LogP contribution in [0.25, 0.3) is 10.8 Å². The molecule has 1 heteroatoms. The van der Waals surface area contributed by atoms with Crippen LogP contribution < -0.4 is 0 Å². The summed E-state index contributed by atoms with van der Waals surface area (Å²) in [5.41, 5.74) is 0. The summed E-state index contributed by atoms with van der Waals surface area (Å²) in [7, 11) is 0. The maximum atomic E-state index is 3.60. The van der Waals surface area contributed by atoms with Gasteiger partial charge in [-0.15, -0.1) is 29.7 Å². The van der Waals surface area contributed by atoms with Crippen LogP contribution in [0.5, 0.6) is 0 Å². The molecule has 0 nitrogen and oxygen atoms in total. The molecule has 0 fully saturated rings. The topological polar surface area (TPSA) is 0 Å². The third-order valence-electron chi connectivity index (χ3n) is 2.25. The first-order valence-corrected chi connectivity index (χ1v) is 6.49. The van der Waals surface area contributed by atoms with Crippen molar-refractivity contribution in [3.05, 3.63) is 56.3 Å². The Morgan fingerprint density at radius 3 is 1.89 bits per heavy atom. The first kappa shape index (κ1) is 20.0. The van der Waals surface area contributed by atoms with Gasteiger partial charge in [-0.2, -0.15) is 30.4 Å². The predicted molar refractivity (Wildman–Crippen MR) is 80.1 cm³/mol. The Hall–Kier alpha value is -0.287. The normalized spacial score (nSPS) is 8.44. The van der Waals surface area contributed by atoms with E-state index in [9.17, 15) is 0 Å². The van der Waals surface area contributed by atoms with E-state index in [0.29, 0.717) is 0 Å². The third kappa shape index (κ3) is 9.71. The minimum absolute atomic E-state index is 0. The zero-order valence-electron chi connectivity index (χ0n) is 11.8. The van der Waals surface area contributed by atoms with Crippen LogP contribution in [0.4, 0.5) is 0 Å². The molecule has 0 N–H and O–H groups in total. The van der Waals surface area contributed by atoms with E-state index < -0.39 is 0 Å². The first-order valence-electron chi connectivity index (χ1n) is 6.49. The fraction of sp³-hybridized carbons (Fsp3) is 0.353. The van der Waals surface area contributed by atoms with E-state index in [1.54, 1.807) is 0 Å². The van der Waals surface area contributed by atoms with Gasteiger partial charge in [0.25, 0.3) is 0 Å². The molecule has 97 valence electrons. The Morgan fingerprint density at radius 1 is 0.944 bits per heavy atom. The van der Waals surface area contributed by atoms with Crippen LogP contribution in [0.15, 0.2) is 42.5 Å². The van der Waals surface area contributed by atoms with Crippen molar-refractivity contribution in [3.63, 3.8) is 0 Å². The van der Waals surface area contributed by atoms with E-state index in [-0.39, 0.29) is 26.2 Å². The first-order chi connectivity index (χ1) is 8.29. The second-order valence-corrected chi connectivity index (χ2v) is 3.86. The van der Waals surface area contributed by atoms with Crippen molar-refractivity contribution in [1.82, 2.24) is 0 Å². The van der Waals surface area contributed by atoms with Crippen molar-refractivity contribution in [2.75, 3.05) is 0 Å². The molecular weight excluding hydrogens is 295 g/mol. The van der Waals surface area contributed by atoms with Gasteiger partial charge >= 0.3 is 26.2 Å². The summed E-state index contributed by atoms with van der Waals surface area (Å²) < 4.78 is 0. The molecule has 0 aliphatic heterocycles. The molecule has 2 rings (SSSR count). The van der Waals surface area contributed by atoms with Crippen LogP contribution >= 0.6 is 0 Å². The van der Waals surface area contributed by atoms with Crippen LogP contribution in [0, 0.1) is 13.8 Å². The molecule has 2 aromatic rings. The minimum atomic E-state index is 0. The zero-order valence-corrected chi connectivity index (χ0v) is 14.2. The molecule has 0 bridgehead atoms. The van der Waals surface area contributed by atoms with Gasteiger partial charge < -0.3 is 13.8 Å². The van der Waals surface area contributed by atoms with Gasteiger partial charge in [-0.25, -0.2) is 0 Å². The second-order valence-electron chi connectivity index (χ2n) is 3.86. The quantitative estimate of drug-likeness (QED) is 0.614. The Balaban J connectivity index is 0. The SMILES string of the molecule is [CH2-]CCC.[CH2-]CCC.[Zr+3].c1ccc2[cH-]ccc2c1. The molecule has 0 aliphatic carbocycles. The number of hydrogen-bond donors (Lipinski definition) is 0. The van der Waals surface area contributed by atoms with Crippen LogP contribution in [0.3, 0.4) is 0 Å². The molecule has 0 unspecified atom stereocenters. The van der Waals surface area contributed by atoms with Gasteiger partial charge in [0.1, 0.15) is 0 Å². The monoisotopic (exact) mass is 319 g/mol. The second kappa shape index (κ2) is 14.8. The average molecular weight is 321 g/mol. The Morgan fingerprint density at radius 2 is 1.44 bits per heavy atom. The van der Waals surface area contributed by atoms with Gasteiger partial charge in [0, 0.05) is 0 Å². The number of fused-ring (bicyclic) bond motifs is 1. The van der Waals surface area contributed by atoms with Crippen LogP contribution in [0.2, 0.25) is 0 Å². The number of hydrogen-bond acceptors (Lipinski definition) is 0. The van der Waals surface area contributed by atoms with Gasteiger partial charge in [0.15, 0.2) is 0 Å². The molecule has 0 aliphatic rings. The van der Waals surface area contributed by atoms with E-state index in [2.05, 4.69) is 70.2 Å². The van der Waals surface area contributed by atoms with Gasteiger partial charge in [-0.3, -0.25) is 0 Å². The smallest absolute Gasteiger partial charge is 0.343 e. The van der Waals surface area contributed by atoms with Crippen molar-refractivity contribution in [2.24, 2.45) is 0 Å². The molecule has 2 aromatic carbocycles. The predicted octanol–water partition coefficient (Wildman–Crippen LogP) is 5.80. The molecule has 0 amide bonds. The summed E-state index contributed by atoms with van der Waals surface area (Å²) >= 11 is 0. The maximum absolute atomic E-state index is 3.60. The van der Waals surface area contributed by atoms with Crippen LogP contribution in [0.1, 0.15) is 39.5 Å². The molecule has 1 radical (unpaired) electrons. The molecule has 0 saturated heterocycles. The average Bonchev–Trinajstić information content (AvgIpc) is 2.87. The minimum Gasteiger partial charge on any atom is -0.343 e. The van der Waals surface area contributed by atoms with Gasteiger partial charge in [0.05, 0.1) is 0 Å². The van der Waals surface area contributed by atoms with Crippen molar-refractivity contribution >= 4 is 10.8 Å². The van der Waals surface area contributed by atoms with E-state index in [1.807, 2.05) is 0 Å². The van der Waals surface area contributed by atoms with Gasteiger partial charge in [-0.05, 0) is 0 Å². The van der Waals surface area contributed by atoms with E-state index in [4.69, 9.17) is 0 Å². The summed E-state index contributed by atoms with van der Waals surface area (Å²) in [6.07, 6.45) is 4.56. The molecule has 0 atom stereocenters. The van der Waals surface area contributed by atoms with E-state index in [0.717, 1.165) is 12.8 Å². The van der Waals surface area contributed by atoms with Gasteiger partial charge in [0.2, 0.25) is 0 Å². The number of rotatable bonds is 2. The number of unbranched alkanes of at least 4 members (excludes halogenated alkanes) is 2. The molecular formula is C17H25Zr. The van der Waals surface area contributed by atoms with E-state index in [1.165, 1.54) is 23.6 Å². The summed E-state index contributed by atoms with van der Waals surface area (Å²) in [5.74, 6) is 0. The summed E-state index contributed by atoms with van der Waals surface area (Å²) in [6, 6.07) is 14.7. The number of benzene rings is 1. The fourth-order valence-corrected chi connectivity index (χ4v) is 1.07. The van der Waals surface area contributed by atoms with Crippen molar-refractivity contribution < 1.29 is 26.2 Å². The van der Waals surface area contributed by atoms with Crippen molar-refractivity contribution in [2.45, 2.75) is 39.5 Å². The summed E-state index contributed by atoms with van der Waals surface area (Å²) in [4.78, 5) is 0. The standard InChI is InChI=1S/C9H7.2C4H9.Zr/c1-2-5-9-7-3-6-8(9)4-1;2*1-3-4-2;/h1-7H;2*1,3-4H2,2H3;/q3*-1;+3. The van der Waals surface area contributed by atoms with Crippen molar-refractivity contribution in [3.8, 4) is 0 Å². The fourth-order valence-electron chi connectivity index (χ4n) is 1.07. The van der Waals surface area contributed by atoms with Crippen LogP contribution in [-0.4, -0.2) is 0 Å². The maximum Gasteiger partial charge on any atom is 3.00 e. The summed E-state index contributed by atoms with van der Waals surface area (Å²) in [6.45, 7) is 11.4. The van der Waals surface area contributed by atoms with Crippen molar-refractivity contribution in [1.29, 1.82) is 0 Å². The third-order valence-corrected chi connectivity index (χ3v) is 2.25. The molecule has 0 spiro atoms. The molecule has 18 heavy (non-hydrogen) atoms. The molecule has 0 heterocycles. The Kier molecular flexibility index (Phi) is 16.4. The Labute approximate surface area is 132 Å². The summed E-state index contributed by atoms with van der Waals surface area (Å²) in [5, 5.41) is 2.66. The van der Waals surface area contributed by atoms with Gasteiger partial charge in [-0.1, -0.05) is 32.8 Å². The molecule has 0 aromatic heterocycles. The van der Waals surface area contributed by atoms with Crippen LogP contribution in [-0.2, 0) is 26.2 Å². The van der Waals surface area contributed by atoms with E-state index >= 15 is 0 Å². The molecule has 0 saturated carbocycles.